The van der Waals surface area contributed by atoms with Crippen molar-refractivity contribution in [3.8, 4) is 11.3 Å². The van der Waals surface area contributed by atoms with E-state index in [1.54, 1.807) is 18.5 Å². The number of amides is 1. The molecule has 1 N–H and O–H groups in total. The van der Waals surface area contributed by atoms with Crippen LogP contribution in [0.2, 0.25) is 0 Å². The third kappa shape index (κ3) is 5.24. The lowest BCUT2D eigenvalue weighted by Gasteiger charge is -2.36. The third-order valence-electron chi connectivity index (χ3n) is 5.37. The summed E-state index contributed by atoms with van der Waals surface area (Å²) in [5.41, 5.74) is 2.40. The molecule has 3 aromatic rings. The molecule has 2 aromatic heterocycles. The van der Waals surface area contributed by atoms with Gasteiger partial charge in [0.15, 0.2) is 11.5 Å². The Kier molecular flexibility index (Phi) is 6.72. The number of hydrogen-bond donors (Lipinski definition) is 1. The lowest BCUT2D eigenvalue weighted by atomic mass is 10.2. The molecule has 1 saturated heterocycles. The van der Waals surface area contributed by atoms with Gasteiger partial charge in [-0.15, -0.1) is 0 Å². The summed E-state index contributed by atoms with van der Waals surface area (Å²) >= 11 is 0. The van der Waals surface area contributed by atoms with E-state index < -0.39 is 0 Å². The predicted molar refractivity (Wildman–Crippen MR) is 116 cm³/mol. The second-order valence-corrected chi connectivity index (χ2v) is 7.45. The Morgan fingerprint density at radius 2 is 1.87 bits per heavy atom. The number of pyridine rings is 1. The van der Waals surface area contributed by atoms with Crippen molar-refractivity contribution >= 4 is 11.6 Å². The number of unbranched alkanes of at least 4 members (excludes halogenated alkanes) is 1. The van der Waals surface area contributed by atoms with E-state index in [-0.39, 0.29) is 5.91 Å². The molecule has 0 atom stereocenters. The molecule has 1 aliphatic heterocycles. The molecule has 7 heteroatoms. The predicted octanol–water partition coefficient (Wildman–Crippen LogP) is 3.07. The van der Waals surface area contributed by atoms with Crippen LogP contribution in [-0.4, -0.2) is 60.2 Å². The third-order valence-corrected chi connectivity index (χ3v) is 5.37. The average molecular weight is 406 g/mol. The Bertz CT molecular complexity index is 921. The Labute approximate surface area is 176 Å². The van der Waals surface area contributed by atoms with Crippen LogP contribution in [-0.2, 0) is 0 Å². The quantitative estimate of drug-likeness (QED) is 0.581. The van der Waals surface area contributed by atoms with Crippen LogP contribution in [0, 0.1) is 0 Å². The highest BCUT2D eigenvalue weighted by atomic mass is 16.5. The molecule has 1 amide bonds. The second-order valence-electron chi connectivity index (χ2n) is 7.45. The lowest BCUT2D eigenvalue weighted by Crippen LogP contribution is -2.46. The van der Waals surface area contributed by atoms with Crippen molar-refractivity contribution in [2.75, 3.05) is 44.2 Å². The van der Waals surface area contributed by atoms with Crippen LogP contribution in [0.15, 0.2) is 65.4 Å². The first kappa shape index (κ1) is 20.1. The largest absolute Gasteiger partial charge is 0.369 e. The van der Waals surface area contributed by atoms with Gasteiger partial charge in [0, 0.05) is 62.4 Å². The zero-order valence-electron chi connectivity index (χ0n) is 17.0. The summed E-state index contributed by atoms with van der Waals surface area (Å²) in [4.78, 5) is 21.2. The molecular formula is C23H27N5O2. The van der Waals surface area contributed by atoms with E-state index in [4.69, 9.17) is 4.52 Å². The van der Waals surface area contributed by atoms with Gasteiger partial charge in [-0.1, -0.05) is 23.4 Å². The molecule has 0 unspecified atom stereocenters. The van der Waals surface area contributed by atoms with Crippen molar-refractivity contribution in [3.63, 3.8) is 0 Å². The van der Waals surface area contributed by atoms with Crippen LogP contribution in [0.4, 0.5) is 5.69 Å². The first-order valence-corrected chi connectivity index (χ1v) is 10.5. The highest BCUT2D eigenvalue weighted by Gasteiger charge is 2.17. The minimum absolute atomic E-state index is 0.203. The highest BCUT2D eigenvalue weighted by Crippen LogP contribution is 2.19. The van der Waals surface area contributed by atoms with E-state index in [2.05, 4.69) is 55.6 Å². The minimum Gasteiger partial charge on any atom is -0.369 e. The van der Waals surface area contributed by atoms with E-state index in [0.717, 1.165) is 51.1 Å². The van der Waals surface area contributed by atoms with Crippen molar-refractivity contribution in [1.29, 1.82) is 0 Å². The number of carbonyl (C=O) groups excluding carboxylic acids is 1. The van der Waals surface area contributed by atoms with Crippen LogP contribution >= 0.6 is 0 Å². The number of nitrogens with one attached hydrogen (secondary N) is 1. The zero-order valence-corrected chi connectivity index (χ0v) is 17.0. The summed E-state index contributed by atoms with van der Waals surface area (Å²) in [6.07, 6.45) is 5.38. The van der Waals surface area contributed by atoms with Crippen molar-refractivity contribution in [2.24, 2.45) is 0 Å². The molecule has 0 radical (unpaired) electrons. The molecule has 156 valence electrons. The molecule has 0 spiro atoms. The molecule has 0 bridgehead atoms. The van der Waals surface area contributed by atoms with E-state index in [0.29, 0.717) is 18.0 Å². The van der Waals surface area contributed by atoms with Crippen molar-refractivity contribution in [1.82, 2.24) is 20.4 Å². The number of anilines is 1. The van der Waals surface area contributed by atoms with E-state index in [1.165, 1.54) is 5.69 Å². The first-order valence-electron chi connectivity index (χ1n) is 10.5. The van der Waals surface area contributed by atoms with Crippen molar-refractivity contribution in [3.05, 3.63) is 66.6 Å². The van der Waals surface area contributed by atoms with Gasteiger partial charge in [-0.25, -0.2) is 0 Å². The Hall–Kier alpha value is -3.19. The molecule has 1 aromatic carbocycles. The van der Waals surface area contributed by atoms with Gasteiger partial charge in [-0.05, 0) is 43.7 Å². The van der Waals surface area contributed by atoms with Crippen LogP contribution in [0.3, 0.4) is 0 Å². The summed E-state index contributed by atoms with van der Waals surface area (Å²) < 4.78 is 5.26. The standard InChI is InChI=1S/C23H27N5O2/c29-23(21-17-22(30-26-21)19-7-6-10-24-18-19)25-11-4-5-12-27-13-15-28(16-14-27)20-8-2-1-3-9-20/h1-3,6-10,17-18H,4-5,11-16H2,(H,25,29). The summed E-state index contributed by atoms with van der Waals surface area (Å²) in [6, 6.07) is 15.9. The zero-order chi connectivity index (χ0) is 20.6. The first-order chi connectivity index (χ1) is 14.8. The van der Waals surface area contributed by atoms with Crippen LogP contribution in [0.5, 0.6) is 0 Å². The minimum atomic E-state index is -0.203. The molecule has 1 aliphatic rings. The summed E-state index contributed by atoms with van der Waals surface area (Å²) in [6.45, 7) is 5.98. The van der Waals surface area contributed by atoms with E-state index in [1.807, 2.05) is 12.1 Å². The number of hydrogen-bond acceptors (Lipinski definition) is 6. The van der Waals surface area contributed by atoms with Gasteiger partial charge >= 0.3 is 0 Å². The molecule has 3 heterocycles. The Morgan fingerprint density at radius 1 is 1.03 bits per heavy atom. The molecule has 4 rings (SSSR count). The second kappa shape index (κ2) is 10.0. The fraction of sp³-hybridized carbons (Fsp3) is 0.348. The van der Waals surface area contributed by atoms with E-state index >= 15 is 0 Å². The average Bonchev–Trinajstić information content (AvgIpc) is 3.31. The van der Waals surface area contributed by atoms with Crippen molar-refractivity contribution < 1.29 is 9.32 Å². The number of nitrogens with zero attached hydrogens (tertiary/aromatic N) is 4. The maximum Gasteiger partial charge on any atom is 0.273 e. The van der Waals surface area contributed by atoms with Crippen molar-refractivity contribution in [2.45, 2.75) is 12.8 Å². The van der Waals surface area contributed by atoms with E-state index in [9.17, 15) is 4.79 Å². The van der Waals surface area contributed by atoms with Gasteiger partial charge in [-0.2, -0.15) is 0 Å². The summed E-state index contributed by atoms with van der Waals surface area (Å²) in [7, 11) is 0. The Morgan fingerprint density at radius 3 is 2.63 bits per heavy atom. The number of aromatic nitrogens is 2. The molecule has 1 fully saturated rings. The number of piperazine rings is 1. The SMILES string of the molecule is O=C(NCCCCN1CCN(c2ccccc2)CC1)c1cc(-c2cccnc2)on1. The molecule has 0 aliphatic carbocycles. The fourth-order valence-corrected chi connectivity index (χ4v) is 3.65. The van der Waals surface area contributed by atoms with Gasteiger partial charge in [0.2, 0.25) is 0 Å². The molecular weight excluding hydrogens is 378 g/mol. The van der Waals surface area contributed by atoms with Crippen LogP contribution in [0.25, 0.3) is 11.3 Å². The normalized spacial score (nSPS) is 14.6. The number of benzene rings is 1. The monoisotopic (exact) mass is 405 g/mol. The Balaban J connectivity index is 1.13. The number of carbonyl (C=O) groups is 1. The molecule has 30 heavy (non-hydrogen) atoms. The van der Waals surface area contributed by atoms with Crippen LogP contribution in [0.1, 0.15) is 23.3 Å². The lowest BCUT2D eigenvalue weighted by molar-refractivity contribution is 0.0943. The topological polar surface area (TPSA) is 74.5 Å². The van der Waals surface area contributed by atoms with Gasteiger partial charge in [-0.3, -0.25) is 14.7 Å². The highest BCUT2D eigenvalue weighted by molar-refractivity contribution is 5.93. The molecule has 7 nitrogen and oxygen atoms in total. The van der Waals surface area contributed by atoms with Gasteiger partial charge in [0.05, 0.1) is 0 Å². The maximum atomic E-state index is 12.3. The van der Waals surface area contributed by atoms with Gasteiger partial charge in [0.25, 0.3) is 5.91 Å². The van der Waals surface area contributed by atoms with Crippen LogP contribution < -0.4 is 10.2 Å². The fourth-order valence-electron chi connectivity index (χ4n) is 3.65. The molecule has 0 saturated carbocycles. The summed E-state index contributed by atoms with van der Waals surface area (Å²) in [5, 5.41) is 6.80. The number of rotatable bonds is 8. The summed E-state index contributed by atoms with van der Waals surface area (Å²) in [5.74, 6) is 0.341. The van der Waals surface area contributed by atoms with Gasteiger partial charge in [0.1, 0.15) is 0 Å². The maximum absolute atomic E-state index is 12.3. The number of para-hydroxylation sites is 1. The smallest absolute Gasteiger partial charge is 0.273 e. The van der Waals surface area contributed by atoms with Gasteiger partial charge < -0.3 is 14.7 Å².